The third-order valence-electron chi connectivity index (χ3n) is 3.27. The zero-order chi connectivity index (χ0) is 9.31. The van der Waals surface area contributed by atoms with Gasteiger partial charge in [0.1, 0.15) is 0 Å². The summed E-state index contributed by atoms with van der Waals surface area (Å²) in [5.74, 6) is -0.182. The van der Waals surface area contributed by atoms with Gasteiger partial charge in [0, 0.05) is 12.8 Å². The van der Waals surface area contributed by atoms with Gasteiger partial charge in [-0.1, -0.05) is 6.92 Å². The largest absolute Gasteiger partial charge is 0.347 e. The van der Waals surface area contributed by atoms with E-state index < -0.39 is 0 Å². The quantitative estimate of drug-likeness (QED) is 0.624. The van der Waals surface area contributed by atoms with Crippen LogP contribution < -0.4 is 0 Å². The van der Waals surface area contributed by atoms with E-state index in [-0.39, 0.29) is 5.79 Å². The summed E-state index contributed by atoms with van der Waals surface area (Å²) in [4.78, 5) is 0. The highest BCUT2D eigenvalue weighted by atomic mass is 16.7. The van der Waals surface area contributed by atoms with Crippen molar-refractivity contribution < 1.29 is 9.47 Å². The molecular formula is C11H20O2. The second kappa shape index (κ2) is 3.58. The first-order valence-electron chi connectivity index (χ1n) is 5.60. The molecule has 2 saturated heterocycles. The van der Waals surface area contributed by atoms with E-state index >= 15 is 0 Å². The smallest absolute Gasteiger partial charge is 0.169 e. The zero-order valence-electron chi connectivity index (χ0n) is 8.71. The lowest BCUT2D eigenvalue weighted by molar-refractivity contribution is -0.266. The Balaban J connectivity index is 1.97. The van der Waals surface area contributed by atoms with E-state index in [9.17, 15) is 0 Å². The Morgan fingerprint density at radius 2 is 2.08 bits per heavy atom. The molecule has 0 aromatic heterocycles. The fourth-order valence-corrected chi connectivity index (χ4v) is 2.50. The Morgan fingerprint density at radius 3 is 2.69 bits per heavy atom. The van der Waals surface area contributed by atoms with Gasteiger partial charge >= 0.3 is 0 Å². The normalized spacial score (nSPS) is 45.7. The molecule has 0 radical (unpaired) electrons. The monoisotopic (exact) mass is 184 g/mol. The van der Waals surface area contributed by atoms with Crippen molar-refractivity contribution in [1.29, 1.82) is 0 Å². The molecular weight excluding hydrogens is 164 g/mol. The summed E-state index contributed by atoms with van der Waals surface area (Å²) in [5.41, 5.74) is 0. The van der Waals surface area contributed by atoms with Gasteiger partial charge in [-0.2, -0.15) is 0 Å². The summed E-state index contributed by atoms with van der Waals surface area (Å²) in [6.45, 7) is 4.35. The summed E-state index contributed by atoms with van der Waals surface area (Å²) < 4.78 is 11.9. The fourth-order valence-electron chi connectivity index (χ4n) is 2.50. The first-order valence-corrected chi connectivity index (χ1v) is 5.60. The molecule has 2 aliphatic heterocycles. The van der Waals surface area contributed by atoms with E-state index in [1.54, 1.807) is 0 Å². The predicted molar refractivity (Wildman–Crippen MR) is 51.5 cm³/mol. The predicted octanol–water partition coefficient (Wildman–Crippen LogP) is 2.86. The highest BCUT2D eigenvalue weighted by Crippen LogP contribution is 2.40. The lowest BCUT2D eigenvalue weighted by Crippen LogP contribution is -2.39. The Kier molecular flexibility index (Phi) is 2.61. The molecule has 1 spiro atoms. The average molecular weight is 184 g/mol. The van der Waals surface area contributed by atoms with Crippen molar-refractivity contribution in [1.82, 2.24) is 0 Å². The van der Waals surface area contributed by atoms with Crippen molar-refractivity contribution in [3.63, 3.8) is 0 Å². The first kappa shape index (κ1) is 9.47. The zero-order valence-corrected chi connectivity index (χ0v) is 8.71. The molecule has 0 aromatic rings. The molecule has 2 unspecified atom stereocenters. The summed E-state index contributed by atoms with van der Waals surface area (Å²) in [5, 5.41) is 0. The van der Waals surface area contributed by atoms with Gasteiger partial charge in [0.15, 0.2) is 5.79 Å². The van der Waals surface area contributed by atoms with Crippen LogP contribution in [0.5, 0.6) is 0 Å². The lowest BCUT2D eigenvalue weighted by atomic mass is 9.99. The van der Waals surface area contributed by atoms with E-state index in [1.165, 1.54) is 19.3 Å². The van der Waals surface area contributed by atoms with E-state index in [4.69, 9.17) is 9.47 Å². The molecule has 3 atom stereocenters. The van der Waals surface area contributed by atoms with Gasteiger partial charge in [0.05, 0.1) is 12.2 Å². The van der Waals surface area contributed by atoms with Crippen molar-refractivity contribution in [3.8, 4) is 0 Å². The topological polar surface area (TPSA) is 18.5 Å². The molecule has 2 rings (SSSR count). The van der Waals surface area contributed by atoms with Gasteiger partial charge in [0.25, 0.3) is 0 Å². The minimum absolute atomic E-state index is 0.182. The molecule has 76 valence electrons. The van der Waals surface area contributed by atoms with Crippen molar-refractivity contribution in [2.24, 2.45) is 0 Å². The van der Waals surface area contributed by atoms with Gasteiger partial charge in [-0.15, -0.1) is 0 Å². The highest BCUT2D eigenvalue weighted by Gasteiger charge is 2.43. The van der Waals surface area contributed by atoms with Crippen molar-refractivity contribution in [2.45, 2.75) is 70.4 Å². The van der Waals surface area contributed by atoms with Crippen LogP contribution in [0.1, 0.15) is 52.4 Å². The standard InChI is InChI=1S/C11H20O2/c1-3-10-6-8-11(13-10)7-4-5-9(2)12-11/h9-10H,3-8H2,1-2H3/t9?,10-,11?/m0/s1. The summed E-state index contributed by atoms with van der Waals surface area (Å²) in [6.07, 6.45) is 7.82. The van der Waals surface area contributed by atoms with E-state index in [0.717, 1.165) is 19.3 Å². The van der Waals surface area contributed by atoms with Gasteiger partial charge < -0.3 is 9.47 Å². The molecule has 2 heterocycles. The Bertz CT molecular complexity index is 181. The van der Waals surface area contributed by atoms with Gasteiger partial charge in [-0.3, -0.25) is 0 Å². The lowest BCUT2D eigenvalue weighted by Gasteiger charge is -2.37. The van der Waals surface area contributed by atoms with Crippen LogP contribution in [0.3, 0.4) is 0 Å². The summed E-state index contributed by atoms with van der Waals surface area (Å²) in [6, 6.07) is 0. The Labute approximate surface area is 80.6 Å². The molecule has 13 heavy (non-hydrogen) atoms. The third-order valence-corrected chi connectivity index (χ3v) is 3.27. The number of hydrogen-bond acceptors (Lipinski definition) is 2. The second-order valence-electron chi connectivity index (χ2n) is 4.42. The first-order chi connectivity index (χ1) is 6.24. The van der Waals surface area contributed by atoms with Crippen LogP contribution in [0.15, 0.2) is 0 Å². The van der Waals surface area contributed by atoms with Gasteiger partial charge in [-0.25, -0.2) is 0 Å². The highest BCUT2D eigenvalue weighted by molar-refractivity contribution is 4.84. The van der Waals surface area contributed by atoms with Crippen molar-refractivity contribution in [2.75, 3.05) is 0 Å². The molecule has 2 heteroatoms. The maximum atomic E-state index is 5.99. The van der Waals surface area contributed by atoms with Crippen LogP contribution >= 0.6 is 0 Å². The molecule has 2 nitrogen and oxygen atoms in total. The van der Waals surface area contributed by atoms with Gasteiger partial charge in [0.2, 0.25) is 0 Å². The molecule has 0 bridgehead atoms. The Morgan fingerprint density at radius 1 is 1.23 bits per heavy atom. The summed E-state index contributed by atoms with van der Waals surface area (Å²) in [7, 11) is 0. The second-order valence-corrected chi connectivity index (χ2v) is 4.42. The van der Waals surface area contributed by atoms with E-state index in [1.807, 2.05) is 0 Å². The maximum Gasteiger partial charge on any atom is 0.169 e. The average Bonchev–Trinajstić information content (AvgIpc) is 2.48. The van der Waals surface area contributed by atoms with Crippen LogP contribution in [-0.2, 0) is 9.47 Å². The minimum Gasteiger partial charge on any atom is -0.347 e. The summed E-state index contributed by atoms with van der Waals surface area (Å²) >= 11 is 0. The third kappa shape index (κ3) is 1.89. The molecule has 0 aromatic carbocycles. The minimum atomic E-state index is -0.182. The van der Waals surface area contributed by atoms with Crippen molar-refractivity contribution in [3.05, 3.63) is 0 Å². The van der Waals surface area contributed by atoms with E-state index in [0.29, 0.717) is 12.2 Å². The molecule has 0 aliphatic carbocycles. The number of ether oxygens (including phenoxy) is 2. The number of hydrogen-bond donors (Lipinski definition) is 0. The van der Waals surface area contributed by atoms with Crippen LogP contribution in [0.2, 0.25) is 0 Å². The number of rotatable bonds is 1. The Hall–Kier alpha value is -0.0800. The molecule has 0 saturated carbocycles. The molecule has 2 aliphatic rings. The molecule has 0 N–H and O–H groups in total. The maximum absolute atomic E-state index is 5.99. The van der Waals surface area contributed by atoms with Crippen LogP contribution in [0.25, 0.3) is 0 Å². The van der Waals surface area contributed by atoms with Gasteiger partial charge in [-0.05, 0) is 32.6 Å². The van der Waals surface area contributed by atoms with Crippen LogP contribution in [0.4, 0.5) is 0 Å². The van der Waals surface area contributed by atoms with Crippen LogP contribution in [-0.4, -0.2) is 18.0 Å². The fraction of sp³-hybridized carbons (Fsp3) is 1.00. The molecule has 2 fully saturated rings. The van der Waals surface area contributed by atoms with E-state index in [2.05, 4.69) is 13.8 Å². The SMILES string of the molecule is CC[C@H]1CCC2(CCCC(C)O2)O1. The molecule has 0 amide bonds. The van der Waals surface area contributed by atoms with Crippen molar-refractivity contribution >= 4 is 0 Å². The van der Waals surface area contributed by atoms with Crippen LogP contribution in [0, 0.1) is 0 Å².